The fraction of sp³-hybridized carbons (Fsp3) is 0.636. The molecule has 2 nitrogen and oxygen atoms in total. The van der Waals surface area contributed by atoms with Crippen LogP contribution in [-0.2, 0) is 4.79 Å². The van der Waals surface area contributed by atoms with E-state index in [0.717, 1.165) is 17.2 Å². The number of thioether (sulfide) groups is 1. The lowest BCUT2D eigenvalue weighted by atomic mass is 9.76. The normalized spacial score (nSPS) is 25.5. The van der Waals surface area contributed by atoms with Gasteiger partial charge in [-0.05, 0) is 11.8 Å². The van der Waals surface area contributed by atoms with Crippen molar-refractivity contribution in [2.75, 3.05) is 0 Å². The summed E-state index contributed by atoms with van der Waals surface area (Å²) in [5.74, 6) is 0.406. The predicted octanol–water partition coefficient (Wildman–Crippen LogP) is 3.38. The molecule has 1 saturated carbocycles. The fourth-order valence-electron chi connectivity index (χ4n) is 1.80. The molecule has 1 aromatic heterocycles. The van der Waals surface area contributed by atoms with Crippen LogP contribution in [0.15, 0.2) is 15.9 Å². The van der Waals surface area contributed by atoms with Crippen LogP contribution in [0.1, 0.15) is 33.1 Å². The summed E-state index contributed by atoms with van der Waals surface area (Å²) in [5.41, 5.74) is 0.254. The van der Waals surface area contributed by atoms with Gasteiger partial charge in [-0.2, -0.15) is 0 Å². The molecule has 0 aliphatic heterocycles. The number of carbonyl (C=O) groups excluding carboxylic acids is 1. The van der Waals surface area contributed by atoms with Crippen molar-refractivity contribution in [3.63, 3.8) is 0 Å². The van der Waals surface area contributed by atoms with Crippen LogP contribution in [0.4, 0.5) is 0 Å². The zero-order chi connectivity index (χ0) is 10.9. The van der Waals surface area contributed by atoms with Gasteiger partial charge in [0.15, 0.2) is 0 Å². The Hall–Kier alpha value is -0.350. The van der Waals surface area contributed by atoms with Crippen LogP contribution in [-0.4, -0.2) is 16.0 Å². The molecule has 2 rings (SSSR count). The summed E-state index contributed by atoms with van der Waals surface area (Å²) >= 11 is 3.43. The Bertz CT molecular complexity index is 345. The molecule has 82 valence electrons. The van der Waals surface area contributed by atoms with E-state index in [1.165, 1.54) is 0 Å². The van der Waals surface area contributed by atoms with Crippen molar-refractivity contribution < 1.29 is 4.79 Å². The first kappa shape index (κ1) is 11.1. The summed E-state index contributed by atoms with van der Waals surface area (Å²) in [5, 5.41) is 2.38. The van der Waals surface area contributed by atoms with Crippen LogP contribution >= 0.6 is 23.1 Å². The second kappa shape index (κ2) is 4.26. The van der Waals surface area contributed by atoms with Crippen LogP contribution in [0, 0.1) is 5.41 Å². The van der Waals surface area contributed by atoms with E-state index in [4.69, 9.17) is 0 Å². The second-order valence-corrected chi connectivity index (χ2v) is 6.98. The van der Waals surface area contributed by atoms with Gasteiger partial charge in [-0.25, -0.2) is 4.98 Å². The molecule has 0 aromatic carbocycles. The molecule has 0 saturated heterocycles. The van der Waals surface area contributed by atoms with E-state index in [0.29, 0.717) is 17.5 Å². The largest absolute Gasteiger partial charge is 0.300 e. The highest BCUT2D eigenvalue weighted by Gasteiger charge is 2.36. The maximum Gasteiger partial charge on any atom is 0.150 e. The van der Waals surface area contributed by atoms with E-state index in [9.17, 15) is 4.79 Å². The standard InChI is InChI=1S/C11H15NOS2/c1-11(2)4-3-8(13)7-9(11)15-10-12-5-6-14-10/h5-6,9H,3-4,7H2,1-2H3. The topological polar surface area (TPSA) is 30.0 Å². The lowest BCUT2D eigenvalue weighted by molar-refractivity contribution is -0.121. The monoisotopic (exact) mass is 241 g/mol. The Kier molecular flexibility index (Phi) is 3.16. The third-order valence-electron chi connectivity index (χ3n) is 2.99. The van der Waals surface area contributed by atoms with E-state index in [-0.39, 0.29) is 5.41 Å². The van der Waals surface area contributed by atoms with Gasteiger partial charge in [0.2, 0.25) is 0 Å². The van der Waals surface area contributed by atoms with Gasteiger partial charge < -0.3 is 0 Å². The lowest BCUT2D eigenvalue weighted by Crippen LogP contribution is -2.34. The number of nitrogens with zero attached hydrogens (tertiary/aromatic N) is 1. The minimum atomic E-state index is 0.254. The molecule has 1 unspecified atom stereocenters. The molecule has 15 heavy (non-hydrogen) atoms. The summed E-state index contributed by atoms with van der Waals surface area (Å²) in [4.78, 5) is 15.7. The Morgan fingerprint density at radius 2 is 2.40 bits per heavy atom. The summed E-state index contributed by atoms with van der Waals surface area (Å²) in [7, 11) is 0. The molecule has 1 aromatic rings. The van der Waals surface area contributed by atoms with Gasteiger partial charge in [0.25, 0.3) is 0 Å². The maximum absolute atomic E-state index is 11.5. The van der Waals surface area contributed by atoms with Crippen LogP contribution in [0.3, 0.4) is 0 Å². The smallest absolute Gasteiger partial charge is 0.150 e. The Morgan fingerprint density at radius 3 is 3.07 bits per heavy atom. The maximum atomic E-state index is 11.5. The molecule has 0 N–H and O–H groups in total. The van der Waals surface area contributed by atoms with Crippen molar-refractivity contribution in [2.24, 2.45) is 5.41 Å². The van der Waals surface area contributed by atoms with Crippen molar-refractivity contribution in [3.05, 3.63) is 11.6 Å². The fourth-order valence-corrected chi connectivity index (χ4v) is 3.97. The molecule has 1 fully saturated rings. The first-order chi connectivity index (χ1) is 7.08. The summed E-state index contributed by atoms with van der Waals surface area (Å²) < 4.78 is 1.09. The van der Waals surface area contributed by atoms with Gasteiger partial charge in [0, 0.05) is 29.7 Å². The van der Waals surface area contributed by atoms with Crippen molar-refractivity contribution in [2.45, 2.75) is 42.7 Å². The van der Waals surface area contributed by atoms with E-state index in [2.05, 4.69) is 18.8 Å². The zero-order valence-corrected chi connectivity index (χ0v) is 10.7. The van der Waals surface area contributed by atoms with Crippen LogP contribution < -0.4 is 0 Å². The van der Waals surface area contributed by atoms with Gasteiger partial charge in [-0.15, -0.1) is 11.3 Å². The molecular weight excluding hydrogens is 226 g/mol. The van der Waals surface area contributed by atoms with Crippen molar-refractivity contribution in [3.8, 4) is 0 Å². The van der Waals surface area contributed by atoms with Gasteiger partial charge in [0.05, 0.1) is 0 Å². The third kappa shape index (κ3) is 2.61. The predicted molar refractivity (Wildman–Crippen MR) is 64.4 cm³/mol. The third-order valence-corrected chi connectivity index (χ3v) is 5.52. The quantitative estimate of drug-likeness (QED) is 0.795. The van der Waals surface area contributed by atoms with E-state index in [1.807, 2.05) is 11.6 Å². The Labute approximate surface area is 98.5 Å². The molecule has 0 amide bonds. The van der Waals surface area contributed by atoms with E-state index in [1.54, 1.807) is 23.1 Å². The molecule has 1 atom stereocenters. The number of ketones is 1. The number of hydrogen-bond acceptors (Lipinski definition) is 4. The first-order valence-electron chi connectivity index (χ1n) is 5.16. The van der Waals surface area contributed by atoms with Crippen LogP contribution in [0.2, 0.25) is 0 Å². The number of Topliss-reactive ketones (excluding diaryl/α,β-unsaturated/α-hetero) is 1. The highest BCUT2D eigenvalue weighted by Crippen LogP contribution is 2.44. The minimum absolute atomic E-state index is 0.254. The highest BCUT2D eigenvalue weighted by atomic mass is 32.2. The van der Waals surface area contributed by atoms with Crippen molar-refractivity contribution >= 4 is 28.9 Å². The second-order valence-electron chi connectivity index (χ2n) is 4.64. The molecule has 4 heteroatoms. The highest BCUT2D eigenvalue weighted by molar-refractivity contribution is 8.01. The molecule has 1 heterocycles. The van der Waals surface area contributed by atoms with Crippen molar-refractivity contribution in [1.82, 2.24) is 4.98 Å². The first-order valence-corrected chi connectivity index (χ1v) is 6.92. The van der Waals surface area contributed by atoms with Crippen LogP contribution in [0.5, 0.6) is 0 Å². The van der Waals surface area contributed by atoms with Gasteiger partial charge in [-0.3, -0.25) is 4.79 Å². The molecule has 0 bridgehead atoms. The number of hydrogen-bond donors (Lipinski definition) is 0. The molecule has 1 aliphatic carbocycles. The van der Waals surface area contributed by atoms with E-state index >= 15 is 0 Å². The van der Waals surface area contributed by atoms with Crippen molar-refractivity contribution in [1.29, 1.82) is 0 Å². The lowest BCUT2D eigenvalue weighted by Gasteiger charge is -2.36. The summed E-state index contributed by atoms with van der Waals surface area (Å²) in [6.45, 7) is 4.51. The zero-order valence-electron chi connectivity index (χ0n) is 9.03. The molecular formula is C11H15NOS2. The Morgan fingerprint density at radius 1 is 1.60 bits per heavy atom. The average molecular weight is 241 g/mol. The van der Waals surface area contributed by atoms with Gasteiger partial charge in [0.1, 0.15) is 10.1 Å². The van der Waals surface area contributed by atoms with Gasteiger partial charge in [-0.1, -0.05) is 25.6 Å². The number of thiazole rings is 1. The SMILES string of the molecule is CC1(C)CCC(=O)CC1Sc1nccs1. The number of aromatic nitrogens is 1. The average Bonchev–Trinajstić information content (AvgIpc) is 2.65. The minimum Gasteiger partial charge on any atom is -0.300 e. The van der Waals surface area contributed by atoms with Crippen LogP contribution in [0.25, 0.3) is 0 Å². The van der Waals surface area contributed by atoms with E-state index < -0.39 is 0 Å². The molecule has 1 aliphatic rings. The van der Waals surface area contributed by atoms with Gasteiger partial charge >= 0.3 is 0 Å². The number of rotatable bonds is 2. The number of carbonyl (C=O) groups is 1. The molecule has 0 radical (unpaired) electrons. The summed E-state index contributed by atoms with van der Waals surface area (Å²) in [6, 6.07) is 0. The summed E-state index contributed by atoms with van der Waals surface area (Å²) in [6.07, 6.45) is 4.29. The molecule has 0 spiro atoms. The Balaban J connectivity index is 2.08.